The van der Waals surface area contributed by atoms with Gasteiger partial charge in [-0.15, -0.1) is 0 Å². The van der Waals surface area contributed by atoms with E-state index in [0.717, 1.165) is 22.2 Å². The smallest absolute Gasteiger partial charge is 0.293 e. The molecule has 1 fully saturated rings. The zero-order chi connectivity index (χ0) is 25.8. The molecule has 6 nitrogen and oxygen atoms in total. The minimum atomic E-state index is -0.496. The summed E-state index contributed by atoms with van der Waals surface area (Å²) in [7, 11) is 0. The fourth-order valence-electron chi connectivity index (χ4n) is 3.45. The number of rotatable bonds is 7. The maximum atomic E-state index is 13.0. The van der Waals surface area contributed by atoms with Gasteiger partial charge >= 0.3 is 0 Å². The zero-order valence-electron chi connectivity index (χ0n) is 18.9. The van der Waals surface area contributed by atoms with Gasteiger partial charge in [0.25, 0.3) is 17.1 Å². The molecule has 1 aliphatic rings. The summed E-state index contributed by atoms with van der Waals surface area (Å²) in [5, 5.41) is 3.44. The highest BCUT2D eigenvalue weighted by molar-refractivity contribution is 8.18. The Morgan fingerprint density at radius 1 is 1.03 bits per heavy atom. The third-order valence-electron chi connectivity index (χ3n) is 5.17. The summed E-state index contributed by atoms with van der Waals surface area (Å²) in [6.07, 6.45) is 1.51. The molecule has 0 aromatic heterocycles. The minimum absolute atomic E-state index is 0.0570. The normalized spacial score (nSPS) is 14.4. The highest BCUT2D eigenvalue weighted by atomic mass is 35.5. The van der Waals surface area contributed by atoms with Gasteiger partial charge in [-0.2, -0.15) is 0 Å². The van der Waals surface area contributed by atoms with Gasteiger partial charge in [0, 0.05) is 31.9 Å². The number of hydrogen-bond acceptors (Lipinski definition) is 5. The van der Waals surface area contributed by atoms with Crippen molar-refractivity contribution in [2.75, 3.05) is 11.9 Å². The van der Waals surface area contributed by atoms with Crippen molar-refractivity contribution in [3.8, 4) is 5.75 Å². The second kappa shape index (κ2) is 11.4. The molecule has 0 radical (unpaired) electrons. The molecule has 0 bridgehead atoms. The lowest BCUT2D eigenvalue weighted by molar-refractivity contribution is -0.123. The van der Waals surface area contributed by atoms with Crippen LogP contribution < -0.4 is 10.1 Å². The number of nitrogens with zero attached hydrogens (tertiary/aromatic N) is 1. The van der Waals surface area contributed by atoms with E-state index in [0.29, 0.717) is 37.6 Å². The van der Waals surface area contributed by atoms with Gasteiger partial charge in [0.2, 0.25) is 0 Å². The van der Waals surface area contributed by atoms with E-state index in [2.05, 4.69) is 5.32 Å². The number of nitrogens with one attached hydrogen (secondary N) is 1. The highest BCUT2D eigenvalue weighted by Crippen LogP contribution is 2.37. The molecule has 0 saturated carbocycles. The maximum absolute atomic E-state index is 13.0. The molecule has 0 unspecified atom stereocenters. The van der Waals surface area contributed by atoms with E-state index in [9.17, 15) is 14.4 Å². The summed E-state index contributed by atoms with van der Waals surface area (Å²) < 4.78 is 5.71. The number of anilines is 1. The Morgan fingerprint density at radius 3 is 2.47 bits per heavy atom. The lowest BCUT2D eigenvalue weighted by Gasteiger charge is -2.15. The monoisotopic (exact) mass is 560 g/mol. The molecule has 184 valence electrons. The summed E-state index contributed by atoms with van der Waals surface area (Å²) in [5.41, 5.74) is 2.61. The van der Waals surface area contributed by atoms with Crippen LogP contribution >= 0.6 is 46.6 Å². The molecule has 1 N–H and O–H groups in total. The fourth-order valence-corrected chi connectivity index (χ4v) is 4.97. The number of amides is 3. The largest absolute Gasteiger partial charge is 0.483 e. The van der Waals surface area contributed by atoms with E-state index < -0.39 is 11.1 Å². The van der Waals surface area contributed by atoms with Gasteiger partial charge in [-0.25, -0.2) is 0 Å². The second-order valence-corrected chi connectivity index (χ2v) is 10.1. The van der Waals surface area contributed by atoms with Crippen LogP contribution in [0.15, 0.2) is 65.6 Å². The molecule has 10 heteroatoms. The van der Waals surface area contributed by atoms with Crippen molar-refractivity contribution < 1.29 is 19.1 Å². The summed E-state index contributed by atoms with van der Waals surface area (Å²) in [6.45, 7) is 1.61. The van der Waals surface area contributed by atoms with Crippen LogP contribution in [0.4, 0.5) is 10.5 Å². The lowest BCUT2D eigenvalue weighted by atomic mass is 10.1. The maximum Gasteiger partial charge on any atom is 0.293 e. The molecular weight excluding hydrogens is 543 g/mol. The average Bonchev–Trinajstić information content (AvgIpc) is 3.08. The van der Waals surface area contributed by atoms with Crippen LogP contribution in [0, 0.1) is 6.92 Å². The molecule has 3 amide bonds. The van der Waals surface area contributed by atoms with Crippen LogP contribution in [-0.4, -0.2) is 28.6 Å². The van der Waals surface area contributed by atoms with E-state index in [-0.39, 0.29) is 24.0 Å². The number of hydrogen-bond donors (Lipinski definition) is 1. The topological polar surface area (TPSA) is 75.7 Å². The summed E-state index contributed by atoms with van der Waals surface area (Å²) in [5.74, 6) is -0.512. The Bertz CT molecular complexity index is 1370. The van der Waals surface area contributed by atoms with Crippen LogP contribution in [0.2, 0.25) is 15.1 Å². The number of thioether (sulfide) groups is 1. The Balaban J connectivity index is 1.50. The summed E-state index contributed by atoms with van der Waals surface area (Å²) in [4.78, 5) is 39.3. The van der Waals surface area contributed by atoms with Crippen LogP contribution in [0.25, 0.3) is 6.08 Å². The summed E-state index contributed by atoms with van der Waals surface area (Å²) in [6, 6.07) is 17.2. The fraction of sp³-hybridized carbons (Fsp3) is 0.115. The SMILES string of the molecule is Cc1cccc(NC(=O)COc2ccc(Cl)cc2/C=C2\SC(=O)N(Cc3c(Cl)cccc3Cl)C2=O)c1. The average molecular weight is 562 g/mol. The van der Waals surface area contributed by atoms with Gasteiger partial charge in [0.1, 0.15) is 5.75 Å². The first-order chi connectivity index (χ1) is 17.2. The standard InChI is InChI=1S/C26H19Cl3N2O4S/c1-15-4-2-5-18(10-15)30-24(32)14-35-22-9-8-17(27)11-16(22)12-23-25(33)31(26(34)36-23)13-19-20(28)6-3-7-21(19)29/h2-12H,13-14H2,1H3,(H,30,32)/b23-12-. The van der Waals surface area contributed by atoms with Gasteiger partial charge in [-0.05, 0) is 72.8 Å². The van der Waals surface area contributed by atoms with E-state index in [4.69, 9.17) is 39.5 Å². The van der Waals surface area contributed by atoms with Gasteiger partial charge < -0.3 is 10.1 Å². The van der Waals surface area contributed by atoms with E-state index >= 15 is 0 Å². The summed E-state index contributed by atoms with van der Waals surface area (Å²) >= 11 is 19.4. The molecule has 1 aliphatic heterocycles. The first-order valence-electron chi connectivity index (χ1n) is 10.7. The molecular formula is C26H19Cl3N2O4S. The van der Waals surface area contributed by atoms with Crippen molar-refractivity contribution in [2.45, 2.75) is 13.5 Å². The molecule has 3 aromatic carbocycles. The number of benzene rings is 3. The molecule has 1 saturated heterocycles. The predicted molar refractivity (Wildman–Crippen MR) is 145 cm³/mol. The van der Waals surface area contributed by atoms with Gasteiger partial charge in [0.15, 0.2) is 6.61 Å². The Morgan fingerprint density at radius 2 is 1.75 bits per heavy atom. The number of carbonyl (C=O) groups is 3. The molecule has 0 atom stereocenters. The molecule has 0 spiro atoms. The number of ether oxygens (including phenoxy) is 1. The first-order valence-corrected chi connectivity index (χ1v) is 12.6. The lowest BCUT2D eigenvalue weighted by Crippen LogP contribution is -2.27. The van der Waals surface area contributed by atoms with Gasteiger partial charge in [-0.1, -0.05) is 53.0 Å². The van der Waals surface area contributed by atoms with Crippen molar-refractivity contribution in [1.29, 1.82) is 0 Å². The van der Waals surface area contributed by atoms with Crippen molar-refractivity contribution in [2.24, 2.45) is 0 Å². The highest BCUT2D eigenvalue weighted by Gasteiger charge is 2.36. The number of halogens is 3. The molecule has 36 heavy (non-hydrogen) atoms. The van der Waals surface area contributed by atoms with Crippen LogP contribution in [0.1, 0.15) is 16.7 Å². The molecule has 0 aliphatic carbocycles. The van der Waals surface area contributed by atoms with Crippen molar-refractivity contribution in [3.05, 3.63) is 97.3 Å². The Labute approximate surface area is 227 Å². The predicted octanol–water partition coefficient (Wildman–Crippen LogP) is 7.21. The first kappa shape index (κ1) is 26.1. The quantitative estimate of drug-likeness (QED) is 0.309. The van der Waals surface area contributed by atoms with Crippen molar-refractivity contribution >= 4 is 75.4 Å². The third kappa shape index (κ3) is 6.23. The minimum Gasteiger partial charge on any atom is -0.483 e. The molecule has 1 heterocycles. The van der Waals surface area contributed by atoms with Crippen LogP contribution in [0.5, 0.6) is 5.75 Å². The number of carbonyl (C=O) groups excluding carboxylic acids is 3. The Kier molecular flexibility index (Phi) is 8.26. The van der Waals surface area contributed by atoms with Gasteiger partial charge in [0.05, 0.1) is 11.4 Å². The Hall–Kier alpha value is -2.97. The number of imide groups is 1. The van der Waals surface area contributed by atoms with E-state index in [1.165, 1.54) is 6.08 Å². The van der Waals surface area contributed by atoms with Crippen molar-refractivity contribution in [1.82, 2.24) is 4.90 Å². The van der Waals surface area contributed by atoms with E-state index in [1.54, 1.807) is 42.5 Å². The van der Waals surface area contributed by atoms with E-state index in [1.807, 2.05) is 25.1 Å². The van der Waals surface area contributed by atoms with Crippen LogP contribution in [-0.2, 0) is 16.1 Å². The van der Waals surface area contributed by atoms with Crippen LogP contribution in [0.3, 0.4) is 0 Å². The molecule has 3 aromatic rings. The van der Waals surface area contributed by atoms with Gasteiger partial charge in [-0.3, -0.25) is 19.3 Å². The second-order valence-electron chi connectivity index (χ2n) is 7.86. The number of aryl methyl sites for hydroxylation is 1. The zero-order valence-corrected chi connectivity index (χ0v) is 22.0. The van der Waals surface area contributed by atoms with Crippen molar-refractivity contribution in [3.63, 3.8) is 0 Å². The third-order valence-corrected chi connectivity index (χ3v) is 7.02. The molecule has 4 rings (SSSR count).